The van der Waals surface area contributed by atoms with E-state index in [4.69, 9.17) is 5.11 Å². The van der Waals surface area contributed by atoms with Gasteiger partial charge < -0.3 is 10.4 Å². The predicted molar refractivity (Wildman–Crippen MR) is 57.2 cm³/mol. The highest BCUT2D eigenvalue weighted by Gasteiger charge is 2.02. The van der Waals surface area contributed by atoms with E-state index in [1.54, 1.807) is 0 Å². The van der Waals surface area contributed by atoms with Crippen LogP contribution in [0.25, 0.3) is 10.8 Å². The quantitative estimate of drug-likeness (QED) is 0.755. The Bertz CT molecular complexity index is 454. The fourth-order valence-electron chi connectivity index (χ4n) is 1.53. The second-order valence-corrected chi connectivity index (χ2v) is 3.09. The molecule has 0 saturated carbocycles. The van der Waals surface area contributed by atoms with Crippen LogP contribution in [0, 0.1) is 0 Å². The van der Waals surface area contributed by atoms with Crippen molar-refractivity contribution in [1.29, 1.82) is 0 Å². The molecule has 2 aromatic rings. The van der Waals surface area contributed by atoms with Crippen molar-refractivity contribution in [2.45, 2.75) is 6.61 Å². The Labute approximate surface area is 82.4 Å². The number of benzene rings is 1. The molecule has 2 N–H and O–H groups in total. The van der Waals surface area contributed by atoms with Gasteiger partial charge >= 0.3 is 0 Å². The van der Waals surface area contributed by atoms with Crippen LogP contribution in [0.3, 0.4) is 0 Å². The van der Waals surface area contributed by atoms with E-state index >= 15 is 0 Å². The summed E-state index contributed by atoms with van der Waals surface area (Å²) in [5.41, 5.74) is 0.688. The lowest BCUT2D eigenvalue weighted by atomic mass is 10.1. The van der Waals surface area contributed by atoms with Crippen molar-refractivity contribution in [3.63, 3.8) is 0 Å². The number of pyridine rings is 1. The molecule has 0 bridgehead atoms. The number of rotatable bonds is 2. The monoisotopic (exact) mass is 188 g/mol. The third-order valence-corrected chi connectivity index (χ3v) is 2.19. The number of aromatic nitrogens is 1. The minimum absolute atomic E-state index is 0.0283. The number of hydrogen-bond acceptors (Lipinski definition) is 3. The summed E-state index contributed by atoms with van der Waals surface area (Å²) in [6, 6.07) is 9.87. The van der Waals surface area contributed by atoms with Crippen molar-refractivity contribution in [3.05, 3.63) is 36.0 Å². The molecule has 0 amide bonds. The van der Waals surface area contributed by atoms with E-state index in [1.807, 2.05) is 37.4 Å². The van der Waals surface area contributed by atoms with E-state index in [9.17, 15) is 0 Å². The van der Waals surface area contributed by atoms with Crippen LogP contribution in [0.2, 0.25) is 0 Å². The Kier molecular flexibility index (Phi) is 2.33. The summed E-state index contributed by atoms with van der Waals surface area (Å²) < 4.78 is 0. The second-order valence-electron chi connectivity index (χ2n) is 3.09. The van der Waals surface area contributed by atoms with Gasteiger partial charge in [0, 0.05) is 12.4 Å². The Morgan fingerprint density at radius 3 is 2.86 bits per heavy atom. The number of aliphatic hydroxyl groups excluding tert-OH is 1. The van der Waals surface area contributed by atoms with Crippen molar-refractivity contribution in [2.75, 3.05) is 12.4 Å². The molecule has 0 spiro atoms. The Hall–Kier alpha value is -1.61. The first kappa shape index (κ1) is 8.97. The maximum Gasteiger partial charge on any atom is 0.133 e. The Balaban J connectivity index is 2.73. The maximum atomic E-state index is 9.03. The lowest BCUT2D eigenvalue weighted by Gasteiger charge is -2.06. The van der Waals surface area contributed by atoms with Gasteiger partial charge in [-0.3, -0.25) is 0 Å². The molecule has 2 rings (SSSR count). The van der Waals surface area contributed by atoms with Gasteiger partial charge in [-0.2, -0.15) is 0 Å². The highest BCUT2D eigenvalue weighted by molar-refractivity contribution is 5.92. The third-order valence-electron chi connectivity index (χ3n) is 2.19. The summed E-state index contributed by atoms with van der Waals surface area (Å²) in [7, 11) is 1.83. The molecule has 1 heterocycles. The van der Waals surface area contributed by atoms with Gasteiger partial charge in [0.15, 0.2) is 0 Å². The number of hydrogen-bond donors (Lipinski definition) is 2. The summed E-state index contributed by atoms with van der Waals surface area (Å²) in [5, 5.41) is 14.2. The molecule has 1 aromatic heterocycles. The summed E-state index contributed by atoms with van der Waals surface area (Å²) in [6.45, 7) is -0.0283. The van der Waals surface area contributed by atoms with E-state index in [0.29, 0.717) is 5.69 Å². The number of nitrogens with zero attached hydrogens (tertiary/aromatic N) is 1. The molecule has 3 heteroatoms. The van der Waals surface area contributed by atoms with Crippen LogP contribution in [-0.4, -0.2) is 17.1 Å². The minimum Gasteiger partial charge on any atom is -0.390 e. The molecule has 1 aromatic carbocycles. The van der Waals surface area contributed by atoms with Gasteiger partial charge in [-0.25, -0.2) is 4.98 Å². The highest BCUT2D eigenvalue weighted by Crippen LogP contribution is 2.21. The van der Waals surface area contributed by atoms with Gasteiger partial charge in [-0.1, -0.05) is 24.3 Å². The molecule has 3 nitrogen and oxygen atoms in total. The van der Waals surface area contributed by atoms with Crippen molar-refractivity contribution >= 4 is 16.6 Å². The molecular weight excluding hydrogens is 176 g/mol. The van der Waals surface area contributed by atoms with E-state index in [1.165, 1.54) is 0 Å². The number of fused-ring (bicyclic) bond motifs is 1. The molecule has 0 radical (unpaired) electrons. The Morgan fingerprint density at radius 2 is 2.14 bits per heavy atom. The Morgan fingerprint density at radius 1 is 1.36 bits per heavy atom. The lowest BCUT2D eigenvalue weighted by molar-refractivity contribution is 0.277. The molecule has 14 heavy (non-hydrogen) atoms. The zero-order chi connectivity index (χ0) is 9.97. The van der Waals surface area contributed by atoms with Gasteiger partial charge in [0.25, 0.3) is 0 Å². The summed E-state index contributed by atoms with van der Waals surface area (Å²) >= 11 is 0. The molecule has 0 fully saturated rings. The number of aliphatic hydroxyl groups is 1. The van der Waals surface area contributed by atoms with Crippen LogP contribution < -0.4 is 5.32 Å². The van der Waals surface area contributed by atoms with Gasteiger partial charge in [0.1, 0.15) is 5.82 Å². The van der Waals surface area contributed by atoms with Crippen LogP contribution in [0.5, 0.6) is 0 Å². The van der Waals surface area contributed by atoms with Crippen molar-refractivity contribution in [1.82, 2.24) is 4.98 Å². The van der Waals surface area contributed by atoms with Crippen molar-refractivity contribution in [2.24, 2.45) is 0 Å². The first-order valence-electron chi connectivity index (χ1n) is 4.52. The van der Waals surface area contributed by atoms with Gasteiger partial charge in [0.2, 0.25) is 0 Å². The van der Waals surface area contributed by atoms with Gasteiger partial charge in [0.05, 0.1) is 12.3 Å². The first-order chi connectivity index (χ1) is 6.85. The molecule has 0 atom stereocenters. The van der Waals surface area contributed by atoms with E-state index in [0.717, 1.165) is 16.6 Å². The second kappa shape index (κ2) is 3.64. The SMILES string of the molecule is CNc1nc(CO)cc2ccccc12. The molecule has 72 valence electrons. The predicted octanol–water partition coefficient (Wildman–Crippen LogP) is 1.77. The summed E-state index contributed by atoms with van der Waals surface area (Å²) in [6.07, 6.45) is 0. The molecule has 0 aliphatic carbocycles. The van der Waals surface area contributed by atoms with Crippen LogP contribution in [0.4, 0.5) is 5.82 Å². The van der Waals surface area contributed by atoms with Crippen molar-refractivity contribution < 1.29 is 5.11 Å². The largest absolute Gasteiger partial charge is 0.390 e. The number of anilines is 1. The average Bonchev–Trinajstić information content (AvgIpc) is 2.27. The molecule has 0 aliphatic rings. The van der Waals surface area contributed by atoms with Gasteiger partial charge in [-0.15, -0.1) is 0 Å². The topological polar surface area (TPSA) is 45.2 Å². The van der Waals surface area contributed by atoms with Crippen molar-refractivity contribution in [3.8, 4) is 0 Å². The average molecular weight is 188 g/mol. The standard InChI is InChI=1S/C11H12N2O/c1-12-11-10-5-3-2-4-8(10)6-9(7-14)13-11/h2-6,14H,7H2,1H3,(H,12,13). The third kappa shape index (κ3) is 1.42. The van der Waals surface area contributed by atoms with Crippen LogP contribution in [0.15, 0.2) is 30.3 Å². The molecule has 0 saturated heterocycles. The first-order valence-corrected chi connectivity index (χ1v) is 4.52. The maximum absolute atomic E-state index is 9.03. The fraction of sp³-hybridized carbons (Fsp3) is 0.182. The molecule has 0 aliphatic heterocycles. The van der Waals surface area contributed by atoms with Gasteiger partial charge in [-0.05, 0) is 11.5 Å². The smallest absolute Gasteiger partial charge is 0.133 e. The van der Waals surface area contributed by atoms with Crippen LogP contribution in [0.1, 0.15) is 5.69 Å². The summed E-state index contributed by atoms with van der Waals surface area (Å²) in [4.78, 5) is 4.28. The normalized spacial score (nSPS) is 10.4. The van der Waals surface area contributed by atoms with Crippen LogP contribution in [-0.2, 0) is 6.61 Å². The lowest BCUT2D eigenvalue weighted by Crippen LogP contribution is -1.97. The number of nitrogens with one attached hydrogen (secondary N) is 1. The molecular formula is C11H12N2O. The van der Waals surface area contributed by atoms with Crippen LogP contribution >= 0.6 is 0 Å². The fourth-order valence-corrected chi connectivity index (χ4v) is 1.53. The van der Waals surface area contributed by atoms with E-state index in [2.05, 4.69) is 10.3 Å². The zero-order valence-electron chi connectivity index (χ0n) is 7.99. The van der Waals surface area contributed by atoms with E-state index < -0.39 is 0 Å². The molecule has 0 unspecified atom stereocenters. The summed E-state index contributed by atoms with van der Waals surface area (Å²) in [5.74, 6) is 0.812. The minimum atomic E-state index is -0.0283. The highest BCUT2D eigenvalue weighted by atomic mass is 16.3. The zero-order valence-corrected chi connectivity index (χ0v) is 7.99. The van der Waals surface area contributed by atoms with E-state index in [-0.39, 0.29) is 6.61 Å².